The van der Waals surface area contributed by atoms with E-state index in [0.29, 0.717) is 6.04 Å². The third-order valence-corrected chi connectivity index (χ3v) is 5.26. The number of aromatic nitrogens is 1. The molecule has 3 nitrogen and oxygen atoms in total. The summed E-state index contributed by atoms with van der Waals surface area (Å²) in [6.45, 7) is 4.39. The van der Waals surface area contributed by atoms with Gasteiger partial charge in [-0.3, -0.25) is 9.88 Å². The van der Waals surface area contributed by atoms with Crippen LogP contribution >= 0.6 is 0 Å². The minimum absolute atomic E-state index is 0.688. The van der Waals surface area contributed by atoms with E-state index in [4.69, 9.17) is 4.74 Å². The molecule has 1 aromatic heterocycles. The Kier molecular flexibility index (Phi) is 4.09. The van der Waals surface area contributed by atoms with Gasteiger partial charge in [-0.1, -0.05) is 12.1 Å². The smallest absolute Gasteiger partial charge is 0.0702 e. The summed E-state index contributed by atoms with van der Waals surface area (Å²) >= 11 is 0. The van der Waals surface area contributed by atoms with Gasteiger partial charge in [-0.25, -0.2) is 0 Å². The van der Waals surface area contributed by atoms with E-state index in [0.717, 1.165) is 24.6 Å². The fourth-order valence-corrected chi connectivity index (χ4v) is 3.92. The second-order valence-corrected chi connectivity index (χ2v) is 6.73. The lowest BCUT2D eigenvalue weighted by molar-refractivity contribution is 0.110. The maximum Gasteiger partial charge on any atom is 0.0702 e. The number of rotatable bonds is 3. The molecule has 2 aliphatic rings. The molecule has 0 aliphatic carbocycles. The third kappa shape index (κ3) is 3.01. The van der Waals surface area contributed by atoms with Gasteiger partial charge in [0.15, 0.2) is 0 Å². The van der Waals surface area contributed by atoms with E-state index >= 15 is 0 Å². The first kappa shape index (κ1) is 14.2. The van der Waals surface area contributed by atoms with Gasteiger partial charge in [0.1, 0.15) is 0 Å². The molecule has 2 aromatic rings. The third-order valence-electron chi connectivity index (χ3n) is 5.26. The van der Waals surface area contributed by atoms with Crippen molar-refractivity contribution >= 4 is 10.9 Å². The van der Waals surface area contributed by atoms with Crippen molar-refractivity contribution in [3.05, 3.63) is 42.1 Å². The molecule has 2 aliphatic heterocycles. The Morgan fingerprint density at radius 2 is 2.05 bits per heavy atom. The lowest BCUT2D eigenvalue weighted by Gasteiger charge is -2.35. The van der Waals surface area contributed by atoms with Crippen LogP contribution in [0.25, 0.3) is 10.9 Å². The Hall–Kier alpha value is -1.45. The zero-order valence-electron chi connectivity index (χ0n) is 13.1. The molecule has 1 aromatic carbocycles. The molecule has 0 saturated carbocycles. The Morgan fingerprint density at radius 1 is 1.14 bits per heavy atom. The van der Waals surface area contributed by atoms with Crippen molar-refractivity contribution < 1.29 is 4.74 Å². The number of fused-ring (bicyclic) bond motifs is 1. The summed E-state index contributed by atoms with van der Waals surface area (Å²) in [5.41, 5.74) is 2.56. The summed E-state index contributed by atoms with van der Waals surface area (Å²) < 4.78 is 5.53. The van der Waals surface area contributed by atoms with Crippen molar-refractivity contribution in [2.75, 3.05) is 26.3 Å². The molecule has 0 N–H and O–H groups in total. The van der Waals surface area contributed by atoms with Crippen LogP contribution in [-0.2, 0) is 11.2 Å². The highest BCUT2D eigenvalue weighted by Crippen LogP contribution is 2.26. The molecule has 3 heteroatoms. The second kappa shape index (κ2) is 6.35. The first-order chi connectivity index (χ1) is 10.9. The van der Waals surface area contributed by atoms with Gasteiger partial charge in [-0.15, -0.1) is 0 Å². The summed E-state index contributed by atoms with van der Waals surface area (Å²) in [5.74, 6) is 0.827. The first-order valence-corrected chi connectivity index (χ1v) is 8.54. The quantitative estimate of drug-likeness (QED) is 0.869. The van der Waals surface area contributed by atoms with Crippen molar-refractivity contribution in [1.82, 2.24) is 9.88 Å². The molecule has 2 fully saturated rings. The lowest BCUT2D eigenvalue weighted by atomic mass is 9.89. The normalized spacial score (nSPS) is 24.1. The summed E-state index contributed by atoms with van der Waals surface area (Å²) in [6, 6.07) is 11.6. The predicted molar refractivity (Wildman–Crippen MR) is 89.0 cm³/mol. The maximum absolute atomic E-state index is 5.53. The van der Waals surface area contributed by atoms with Gasteiger partial charge in [-0.2, -0.15) is 0 Å². The number of hydrogen-bond acceptors (Lipinski definition) is 3. The number of pyridine rings is 1. The van der Waals surface area contributed by atoms with Crippen LogP contribution in [0.3, 0.4) is 0 Å². The van der Waals surface area contributed by atoms with Gasteiger partial charge in [-0.05, 0) is 68.5 Å². The molecule has 3 heterocycles. The molecule has 116 valence electrons. The largest absolute Gasteiger partial charge is 0.380 e. The average Bonchev–Trinajstić information content (AvgIpc) is 3.10. The number of hydrogen-bond donors (Lipinski definition) is 0. The Labute approximate surface area is 132 Å². The van der Waals surface area contributed by atoms with Crippen molar-refractivity contribution in [2.24, 2.45) is 5.92 Å². The average molecular weight is 296 g/mol. The minimum Gasteiger partial charge on any atom is -0.380 e. The van der Waals surface area contributed by atoms with E-state index in [9.17, 15) is 0 Å². The Bertz CT molecular complexity index is 628. The molecule has 0 amide bonds. The van der Waals surface area contributed by atoms with Gasteiger partial charge < -0.3 is 4.74 Å². The Balaban J connectivity index is 1.37. The van der Waals surface area contributed by atoms with Crippen LogP contribution < -0.4 is 0 Å². The van der Waals surface area contributed by atoms with Crippen molar-refractivity contribution in [1.29, 1.82) is 0 Å². The number of nitrogens with zero attached hydrogens (tertiary/aromatic N) is 2. The highest BCUT2D eigenvalue weighted by Gasteiger charge is 2.27. The van der Waals surface area contributed by atoms with Crippen molar-refractivity contribution in [3.8, 4) is 0 Å². The minimum atomic E-state index is 0.688. The molecule has 1 atom stereocenters. The number of piperidine rings is 1. The van der Waals surface area contributed by atoms with Crippen LogP contribution in [-0.4, -0.2) is 42.2 Å². The van der Waals surface area contributed by atoms with E-state index < -0.39 is 0 Å². The van der Waals surface area contributed by atoms with E-state index in [1.54, 1.807) is 0 Å². The van der Waals surface area contributed by atoms with Crippen LogP contribution in [0.1, 0.15) is 24.8 Å². The van der Waals surface area contributed by atoms with E-state index in [1.807, 2.05) is 12.3 Å². The second-order valence-electron chi connectivity index (χ2n) is 6.73. The predicted octanol–water partition coefficient (Wildman–Crippen LogP) is 3.28. The van der Waals surface area contributed by atoms with Gasteiger partial charge in [0.05, 0.1) is 12.1 Å². The fourth-order valence-electron chi connectivity index (χ4n) is 3.92. The first-order valence-electron chi connectivity index (χ1n) is 8.54. The highest BCUT2D eigenvalue weighted by molar-refractivity contribution is 5.78. The monoisotopic (exact) mass is 296 g/mol. The highest BCUT2D eigenvalue weighted by atomic mass is 16.5. The molecule has 0 spiro atoms. The van der Waals surface area contributed by atoms with Crippen LogP contribution in [0.15, 0.2) is 36.5 Å². The van der Waals surface area contributed by atoms with Gasteiger partial charge in [0.2, 0.25) is 0 Å². The zero-order chi connectivity index (χ0) is 14.8. The molecule has 0 unspecified atom stereocenters. The standard InChI is InChI=1S/C19H24N2O/c1-2-17-13-16(3-4-19(17)20-8-1)12-15-5-9-21(10-6-15)18-7-11-22-14-18/h1-4,8,13,15,18H,5-7,9-12,14H2/t18-/m0/s1. The summed E-state index contributed by atoms with van der Waals surface area (Å²) in [5, 5.41) is 1.26. The SMILES string of the molecule is c1cnc2ccc(CC3CCN([C@H]4CCOC4)CC3)cc2c1. The van der Waals surface area contributed by atoms with Crippen molar-refractivity contribution in [3.63, 3.8) is 0 Å². The molecule has 0 bridgehead atoms. The maximum atomic E-state index is 5.53. The van der Waals surface area contributed by atoms with E-state index in [1.165, 1.54) is 49.7 Å². The van der Waals surface area contributed by atoms with Crippen LogP contribution in [0.4, 0.5) is 0 Å². The summed E-state index contributed by atoms with van der Waals surface area (Å²) in [4.78, 5) is 7.05. The van der Waals surface area contributed by atoms with E-state index in [-0.39, 0.29) is 0 Å². The fraction of sp³-hybridized carbons (Fsp3) is 0.526. The molecular weight excluding hydrogens is 272 g/mol. The Morgan fingerprint density at radius 3 is 2.86 bits per heavy atom. The summed E-state index contributed by atoms with van der Waals surface area (Å²) in [6.07, 6.45) is 6.94. The van der Waals surface area contributed by atoms with Gasteiger partial charge >= 0.3 is 0 Å². The van der Waals surface area contributed by atoms with Crippen LogP contribution in [0, 0.1) is 5.92 Å². The molecule has 22 heavy (non-hydrogen) atoms. The molecule has 0 radical (unpaired) electrons. The van der Waals surface area contributed by atoms with Gasteiger partial charge in [0, 0.05) is 24.2 Å². The topological polar surface area (TPSA) is 25.4 Å². The van der Waals surface area contributed by atoms with Gasteiger partial charge in [0.25, 0.3) is 0 Å². The van der Waals surface area contributed by atoms with Crippen LogP contribution in [0.2, 0.25) is 0 Å². The number of ether oxygens (including phenoxy) is 1. The summed E-state index contributed by atoms with van der Waals surface area (Å²) in [7, 11) is 0. The lowest BCUT2D eigenvalue weighted by Crippen LogP contribution is -2.42. The molecular formula is C19H24N2O. The zero-order valence-corrected chi connectivity index (χ0v) is 13.1. The molecule has 4 rings (SSSR count). The number of likely N-dealkylation sites (tertiary alicyclic amines) is 1. The van der Waals surface area contributed by atoms with E-state index in [2.05, 4.69) is 34.1 Å². The number of benzene rings is 1. The van der Waals surface area contributed by atoms with Crippen molar-refractivity contribution in [2.45, 2.75) is 31.7 Å². The molecule has 2 saturated heterocycles. The van der Waals surface area contributed by atoms with Crippen LogP contribution in [0.5, 0.6) is 0 Å².